The maximum Gasteiger partial charge on any atom is 0.473 e. The Labute approximate surface area is 203 Å². The first-order valence-electron chi connectivity index (χ1n) is 9.70. The molecule has 0 radical (unpaired) electrons. The van der Waals surface area contributed by atoms with Gasteiger partial charge in [-0.25, -0.2) is 0 Å². The van der Waals surface area contributed by atoms with Crippen molar-refractivity contribution in [3.8, 4) is 0 Å². The highest BCUT2D eigenvalue weighted by Gasteiger charge is 2.97. The van der Waals surface area contributed by atoms with Crippen LogP contribution in [0.4, 0.5) is 87.8 Å². The quantitative estimate of drug-likeness (QED) is 0.109. The molecule has 22 heteroatoms. The molecule has 0 bridgehead atoms. The molecule has 0 heterocycles. The van der Waals surface area contributed by atoms with Crippen LogP contribution in [-0.2, 0) is 9.53 Å². The van der Waals surface area contributed by atoms with Crippen LogP contribution in [0.25, 0.3) is 0 Å². The molecule has 0 N–H and O–H groups in total. The Morgan fingerprint density at radius 3 is 1.05 bits per heavy atom. The van der Waals surface area contributed by atoms with Gasteiger partial charge in [0.2, 0.25) is 0 Å². The van der Waals surface area contributed by atoms with Crippen LogP contribution in [0, 0.1) is 0 Å². The van der Waals surface area contributed by atoms with Crippen molar-refractivity contribution >= 4 is 5.97 Å². The van der Waals surface area contributed by atoms with Crippen LogP contribution in [0.1, 0.15) is 39.5 Å². The van der Waals surface area contributed by atoms with Gasteiger partial charge in [0.05, 0.1) is 0 Å². The van der Waals surface area contributed by atoms with E-state index in [-0.39, 0.29) is 12.8 Å². The highest BCUT2D eigenvalue weighted by atomic mass is 19.4. The number of ether oxygens (including phenoxy) is 1. The van der Waals surface area contributed by atoms with Crippen LogP contribution in [0.5, 0.6) is 0 Å². The lowest BCUT2D eigenvalue weighted by Crippen LogP contribution is -2.77. The van der Waals surface area contributed by atoms with Crippen molar-refractivity contribution in [2.45, 2.75) is 98.9 Å². The Hall–Kier alpha value is -1.93. The van der Waals surface area contributed by atoms with Crippen molar-refractivity contribution in [2.75, 3.05) is 0 Å². The molecule has 0 aromatic rings. The number of alkyl halides is 20. The van der Waals surface area contributed by atoms with Crippen LogP contribution in [0.3, 0.4) is 0 Å². The second-order valence-electron chi connectivity index (χ2n) is 7.93. The first-order valence-corrected chi connectivity index (χ1v) is 9.70. The average molecular weight is 630 g/mol. The van der Waals surface area contributed by atoms with Crippen molar-refractivity contribution in [3.05, 3.63) is 0 Å². The lowest BCUT2D eigenvalue weighted by molar-refractivity contribution is -0.478. The first-order chi connectivity index (χ1) is 16.7. The number of rotatable bonds is 14. The number of carbonyl (C=O) groups excluding carboxylic acids is 1. The number of halogens is 20. The third-order valence-corrected chi connectivity index (χ3v) is 4.90. The lowest BCUT2D eigenvalue weighted by Gasteiger charge is -2.44. The van der Waals surface area contributed by atoms with Gasteiger partial charge in [0.25, 0.3) is 0 Å². The summed E-state index contributed by atoms with van der Waals surface area (Å²) in [5.74, 6) is -78.5. The topological polar surface area (TPSA) is 26.3 Å². The molecule has 2 nitrogen and oxygen atoms in total. The largest absolute Gasteiger partial charge is 0.473 e. The summed E-state index contributed by atoms with van der Waals surface area (Å²) in [6.45, 7) is 0.0171. The van der Waals surface area contributed by atoms with E-state index in [1.807, 2.05) is 0 Å². The Balaban J connectivity index is 6.81. The molecule has 39 heavy (non-hydrogen) atoms. The number of hydrogen-bond acceptors (Lipinski definition) is 2. The van der Waals surface area contributed by atoms with E-state index in [1.54, 1.807) is 0 Å². The number of unbranched alkanes of at least 4 members (excludes halogenated alkanes) is 2. The van der Waals surface area contributed by atoms with E-state index in [0.717, 1.165) is 0 Å². The summed E-state index contributed by atoms with van der Waals surface area (Å²) in [7, 11) is 0. The van der Waals surface area contributed by atoms with Gasteiger partial charge in [-0.05, 0) is 6.42 Å². The standard InChI is InChI=1S/C17H14F20O2/c1-3-4-5-6-7(38)39-17(36,37)16(34,35)15(32,33)14(30,31)13(28,29)12(26,27)11(24,25)10(22,23)9(20,21)8(2,18)19/h3-6H2,1-2H3. The van der Waals surface area contributed by atoms with E-state index >= 15 is 0 Å². The van der Waals surface area contributed by atoms with Crippen LogP contribution in [0.2, 0.25) is 0 Å². The fourth-order valence-corrected chi connectivity index (χ4v) is 2.42. The molecule has 0 atom stereocenters. The van der Waals surface area contributed by atoms with Crippen molar-refractivity contribution in [1.82, 2.24) is 0 Å². The van der Waals surface area contributed by atoms with Gasteiger partial charge in [-0.1, -0.05) is 19.8 Å². The van der Waals surface area contributed by atoms with Crippen molar-refractivity contribution in [2.24, 2.45) is 0 Å². The van der Waals surface area contributed by atoms with E-state index < -0.39 is 85.1 Å². The van der Waals surface area contributed by atoms with E-state index in [4.69, 9.17) is 0 Å². The maximum atomic E-state index is 13.7. The molecule has 0 spiro atoms. The number of carbonyl (C=O) groups is 1. The van der Waals surface area contributed by atoms with Gasteiger partial charge in [-0.15, -0.1) is 0 Å². The van der Waals surface area contributed by atoms with E-state index in [9.17, 15) is 92.6 Å². The molecule has 0 amide bonds. The van der Waals surface area contributed by atoms with Gasteiger partial charge < -0.3 is 4.74 Å². The molecule has 0 aliphatic carbocycles. The molecule has 0 saturated heterocycles. The van der Waals surface area contributed by atoms with Crippen LogP contribution in [-0.4, -0.2) is 65.4 Å². The summed E-state index contributed by atoms with van der Waals surface area (Å²) in [6, 6.07) is 0. The molecule has 0 aromatic carbocycles. The molecule has 234 valence electrons. The third kappa shape index (κ3) is 5.28. The second-order valence-corrected chi connectivity index (χ2v) is 7.93. The normalized spacial score (nSPS) is 15.9. The molecule has 0 saturated carbocycles. The predicted molar refractivity (Wildman–Crippen MR) is 85.4 cm³/mol. The smallest absolute Gasteiger partial charge is 0.396 e. The van der Waals surface area contributed by atoms with Gasteiger partial charge >= 0.3 is 65.4 Å². The van der Waals surface area contributed by atoms with Crippen molar-refractivity contribution in [1.29, 1.82) is 0 Å². The summed E-state index contributed by atoms with van der Waals surface area (Å²) in [6.07, 6.45) is -8.99. The van der Waals surface area contributed by atoms with Crippen molar-refractivity contribution < 1.29 is 97.3 Å². The first kappa shape index (κ1) is 37.1. The Morgan fingerprint density at radius 1 is 0.487 bits per heavy atom. The van der Waals surface area contributed by atoms with Gasteiger partial charge in [-0.3, -0.25) is 4.79 Å². The summed E-state index contributed by atoms with van der Waals surface area (Å²) >= 11 is 0. The molecule has 0 rings (SSSR count). The fourth-order valence-electron chi connectivity index (χ4n) is 2.42. The zero-order chi connectivity index (χ0) is 32.1. The second kappa shape index (κ2) is 10.2. The summed E-state index contributed by atoms with van der Waals surface area (Å²) in [5, 5.41) is 0. The minimum Gasteiger partial charge on any atom is -0.396 e. The van der Waals surface area contributed by atoms with Gasteiger partial charge in [0.1, 0.15) is 0 Å². The van der Waals surface area contributed by atoms with Gasteiger partial charge in [0.15, 0.2) is 0 Å². The highest BCUT2D eigenvalue weighted by molar-refractivity contribution is 5.69. The zero-order valence-corrected chi connectivity index (χ0v) is 18.7. The Bertz CT molecular complexity index is 872. The maximum absolute atomic E-state index is 13.7. The minimum atomic E-state index is -9.11. The predicted octanol–water partition coefficient (Wildman–Crippen LogP) is 8.44. The zero-order valence-electron chi connectivity index (χ0n) is 18.7. The van der Waals surface area contributed by atoms with E-state index in [1.165, 1.54) is 6.92 Å². The number of hydrogen-bond donors (Lipinski definition) is 0. The SMILES string of the molecule is CCCCCC(=O)OC(F)(F)C(F)(F)C(F)(F)C(F)(F)C(F)(F)C(F)(F)C(F)(F)C(F)(F)C(F)(F)C(C)(F)F. The Morgan fingerprint density at radius 2 is 0.769 bits per heavy atom. The third-order valence-electron chi connectivity index (χ3n) is 4.90. The fraction of sp³-hybridized carbons (Fsp3) is 0.941. The highest BCUT2D eigenvalue weighted by Crippen LogP contribution is 2.66. The van der Waals surface area contributed by atoms with Crippen LogP contribution >= 0.6 is 0 Å². The van der Waals surface area contributed by atoms with Crippen molar-refractivity contribution in [3.63, 3.8) is 0 Å². The average Bonchev–Trinajstić information content (AvgIpc) is 2.71. The van der Waals surface area contributed by atoms with Gasteiger partial charge in [-0.2, -0.15) is 87.8 Å². The molecule has 0 aliphatic rings. The lowest BCUT2D eigenvalue weighted by atomic mass is 9.86. The van der Waals surface area contributed by atoms with Gasteiger partial charge in [0, 0.05) is 13.3 Å². The van der Waals surface area contributed by atoms with Crippen LogP contribution < -0.4 is 0 Å². The molecule has 0 aliphatic heterocycles. The molecular formula is C17H14F20O2. The molecule has 0 aromatic heterocycles. The monoisotopic (exact) mass is 630 g/mol. The molecule has 0 unspecified atom stereocenters. The van der Waals surface area contributed by atoms with E-state index in [0.29, 0.717) is 0 Å². The molecular weight excluding hydrogens is 616 g/mol. The van der Waals surface area contributed by atoms with E-state index in [2.05, 4.69) is 4.74 Å². The molecule has 0 fully saturated rings. The van der Waals surface area contributed by atoms with Crippen LogP contribution in [0.15, 0.2) is 0 Å². The number of esters is 1. The summed E-state index contributed by atoms with van der Waals surface area (Å²) < 4.78 is 271. The Kier molecular flexibility index (Phi) is 9.66. The summed E-state index contributed by atoms with van der Waals surface area (Å²) in [5.41, 5.74) is 0. The minimum absolute atomic E-state index is 0.0472. The summed E-state index contributed by atoms with van der Waals surface area (Å²) in [4.78, 5) is 11.1.